The van der Waals surface area contributed by atoms with Crippen LogP contribution in [0.3, 0.4) is 0 Å². The highest BCUT2D eigenvalue weighted by atomic mass is 32.2. The van der Waals surface area contributed by atoms with Gasteiger partial charge in [-0.3, -0.25) is 0 Å². The monoisotopic (exact) mass is 259 g/mol. The molecule has 1 saturated heterocycles. The number of aliphatic hydroxyl groups is 1. The van der Waals surface area contributed by atoms with Gasteiger partial charge >= 0.3 is 0 Å². The molecule has 0 unspecified atom stereocenters. The fraction of sp³-hybridized carbons (Fsp3) is 0.455. The molecule has 17 heavy (non-hydrogen) atoms. The highest BCUT2D eigenvalue weighted by Gasteiger charge is 2.46. The first-order valence-electron chi connectivity index (χ1n) is 5.36. The standard InChI is InChI=1S/C11H14FNO3S/c1-2-11(14)7-13(8-11)17(15,16)10-6-4-3-5-9(10)12/h3-6,14H,2,7-8H2,1H3. The second-order valence-electron chi connectivity index (χ2n) is 4.28. The van der Waals surface area contributed by atoms with Crippen molar-refractivity contribution in [3.05, 3.63) is 30.1 Å². The molecular weight excluding hydrogens is 245 g/mol. The summed E-state index contributed by atoms with van der Waals surface area (Å²) in [6.45, 7) is 1.84. The Morgan fingerprint density at radius 1 is 1.41 bits per heavy atom. The Hall–Kier alpha value is -0.980. The van der Waals surface area contributed by atoms with E-state index in [1.165, 1.54) is 18.2 Å². The molecule has 1 heterocycles. The lowest BCUT2D eigenvalue weighted by Crippen LogP contribution is -2.62. The molecule has 1 aromatic carbocycles. The maximum Gasteiger partial charge on any atom is 0.246 e. The van der Waals surface area contributed by atoms with Gasteiger partial charge in [0.15, 0.2) is 0 Å². The van der Waals surface area contributed by atoms with Gasteiger partial charge in [-0.2, -0.15) is 4.31 Å². The van der Waals surface area contributed by atoms with Crippen molar-refractivity contribution in [2.45, 2.75) is 23.8 Å². The Morgan fingerprint density at radius 2 is 2.00 bits per heavy atom. The lowest BCUT2D eigenvalue weighted by atomic mass is 9.94. The second kappa shape index (κ2) is 4.04. The van der Waals surface area contributed by atoms with Gasteiger partial charge in [-0.25, -0.2) is 12.8 Å². The summed E-state index contributed by atoms with van der Waals surface area (Å²) in [7, 11) is -3.82. The fourth-order valence-corrected chi connectivity index (χ4v) is 3.46. The van der Waals surface area contributed by atoms with E-state index >= 15 is 0 Å². The topological polar surface area (TPSA) is 57.6 Å². The van der Waals surface area contributed by atoms with Crippen molar-refractivity contribution in [1.82, 2.24) is 4.31 Å². The smallest absolute Gasteiger partial charge is 0.246 e. The summed E-state index contributed by atoms with van der Waals surface area (Å²) in [4.78, 5) is -0.335. The van der Waals surface area contributed by atoms with Crippen LogP contribution >= 0.6 is 0 Å². The van der Waals surface area contributed by atoms with Gasteiger partial charge in [0.1, 0.15) is 10.7 Å². The van der Waals surface area contributed by atoms with E-state index in [-0.39, 0.29) is 18.0 Å². The van der Waals surface area contributed by atoms with E-state index in [1.807, 2.05) is 0 Å². The van der Waals surface area contributed by atoms with Crippen LogP contribution in [-0.4, -0.2) is 36.5 Å². The summed E-state index contributed by atoms with van der Waals surface area (Å²) in [6.07, 6.45) is 0.482. The molecule has 0 aromatic heterocycles. The molecule has 1 aliphatic rings. The van der Waals surface area contributed by atoms with Crippen molar-refractivity contribution in [3.8, 4) is 0 Å². The predicted molar refractivity (Wildman–Crippen MR) is 60.4 cm³/mol. The van der Waals surface area contributed by atoms with Crippen molar-refractivity contribution in [1.29, 1.82) is 0 Å². The van der Waals surface area contributed by atoms with E-state index in [9.17, 15) is 17.9 Å². The van der Waals surface area contributed by atoms with E-state index in [0.717, 1.165) is 10.4 Å². The molecule has 6 heteroatoms. The Bertz CT molecular complexity index is 523. The molecule has 0 atom stereocenters. The normalized spacial score (nSPS) is 19.9. The summed E-state index contributed by atoms with van der Waals surface area (Å²) in [5, 5.41) is 9.77. The number of hydrogen-bond acceptors (Lipinski definition) is 3. The van der Waals surface area contributed by atoms with Gasteiger partial charge in [0.2, 0.25) is 10.0 Å². The zero-order valence-electron chi connectivity index (χ0n) is 9.43. The van der Waals surface area contributed by atoms with Crippen LogP contribution in [-0.2, 0) is 10.0 Å². The molecule has 4 nitrogen and oxygen atoms in total. The molecule has 0 radical (unpaired) electrons. The third-order valence-electron chi connectivity index (χ3n) is 3.05. The van der Waals surface area contributed by atoms with Crippen molar-refractivity contribution >= 4 is 10.0 Å². The number of rotatable bonds is 3. The number of β-amino-alcohol motifs (C(OH)–C–C–N with tert-alkyl or cyclic N) is 1. The number of benzene rings is 1. The lowest BCUT2D eigenvalue weighted by molar-refractivity contribution is -0.0614. The van der Waals surface area contributed by atoms with Crippen LogP contribution in [0.1, 0.15) is 13.3 Å². The van der Waals surface area contributed by atoms with E-state index < -0.39 is 21.4 Å². The second-order valence-corrected chi connectivity index (χ2v) is 6.19. The van der Waals surface area contributed by atoms with Gasteiger partial charge < -0.3 is 5.11 Å². The SMILES string of the molecule is CCC1(O)CN(S(=O)(=O)c2ccccc2F)C1. The molecule has 1 aromatic rings. The molecule has 0 bridgehead atoms. The van der Waals surface area contributed by atoms with Crippen molar-refractivity contribution in [2.75, 3.05) is 13.1 Å². The number of hydrogen-bond donors (Lipinski definition) is 1. The van der Waals surface area contributed by atoms with E-state index in [1.54, 1.807) is 6.92 Å². The largest absolute Gasteiger partial charge is 0.387 e. The predicted octanol–water partition coefficient (Wildman–Crippen LogP) is 0.971. The molecule has 0 amide bonds. The maximum atomic E-state index is 13.4. The first kappa shape index (κ1) is 12.5. The highest BCUT2D eigenvalue weighted by molar-refractivity contribution is 7.89. The van der Waals surface area contributed by atoms with Crippen LogP contribution in [0.25, 0.3) is 0 Å². The molecule has 2 rings (SSSR count). The van der Waals surface area contributed by atoms with Crippen LogP contribution in [0, 0.1) is 5.82 Å². The number of halogens is 1. The minimum Gasteiger partial charge on any atom is -0.387 e. The van der Waals surface area contributed by atoms with E-state index in [0.29, 0.717) is 6.42 Å². The first-order chi connectivity index (χ1) is 7.89. The van der Waals surface area contributed by atoms with Crippen molar-refractivity contribution in [2.24, 2.45) is 0 Å². The molecule has 0 saturated carbocycles. The third kappa shape index (κ3) is 2.08. The van der Waals surface area contributed by atoms with Gasteiger partial charge in [0.05, 0.1) is 5.60 Å². The average Bonchev–Trinajstić information content (AvgIpc) is 2.25. The Balaban J connectivity index is 2.26. The van der Waals surface area contributed by atoms with Crippen LogP contribution < -0.4 is 0 Å². The molecule has 94 valence electrons. The van der Waals surface area contributed by atoms with Gasteiger partial charge in [0, 0.05) is 13.1 Å². The lowest BCUT2D eigenvalue weighted by Gasteiger charge is -2.44. The van der Waals surface area contributed by atoms with Crippen LogP contribution in [0.5, 0.6) is 0 Å². The summed E-state index contributed by atoms with van der Waals surface area (Å²) in [6, 6.07) is 5.25. The summed E-state index contributed by atoms with van der Waals surface area (Å²) in [5.74, 6) is -0.764. The van der Waals surface area contributed by atoms with Gasteiger partial charge in [-0.05, 0) is 18.6 Å². The Kier molecular flexibility index (Phi) is 2.97. The minimum absolute atomic E-state index is 0.0279. The molecule has 0 aliphatic carbocycles. The zero-order chi connectivity index (χ0) is 12.7. The molecule has 1 N–H and O–H groups in total. The summed E-state index contributed by atoms with van der Waals surface area (Å²) in [5.41, 5.74) is -0.960. The van der Waals surface area contributed by atoms with E-state index in [4.69, 9.17) is 0 Å². The molecular formula is C11H14FNO3S. The fourth-order valence-electron chi connectivity index (χ4n) is 1.80. The van der Waals surface area contributed by atoms with Crippen LogP contribution in [0.15, 0.2) is 29.2 Å². The quantitative estimate of drug-likeness (QED) is 0.880. The maximum absolute atomic E-state index is 13.4. The minimum atomic E-state index is -3.82. The van der Waals surface area contributed by atoms with Crippen LogP contribution in [0.2, 0.25) is 0 Å². The van der Waals surface area contributed by atoms with Gasteiger partial charge in [0.25, 0.3) is 0 Å². The van der Waals surface area contributed by atoms with Crippen molar-refractivity contribution < 1.29 is 17.9 Å². The molecule has 0 spiro atoms. The highest BCUT2D eigenvalue weighted by Crippen LogP contribution is 2.30. The van der Waals surface area contributed by atoms with Crippen molar-refractivity contribution in [3.63, 3.8) is 0 Å². The zero-order valence-corrected chi connectivity index (χ0v) is 10.2. The van der Waals surface area contributed by atoms with E-state index in [2.05, 4.69) is 0 Å². The molecule has 1 fully saturated rings. The Morgan fingerprint density at radius 3 is 2.53 bits per heavy atom. The molecule has 1 aliphatic heterocycles. The third-order valence-corrected chi connectivity index (χ3v) is 4.88. The van der Waals surface area contributed by atoms with Gasteiger partial charge in [-0.1, -0.05) is 19.1 Å². The Labute approximate surface area is 99.7 Å². The summed E-state index contributed by atoms with van der Waals surface area (Å²) < 4.78 is 38.5. The number of sulfonamides is 1. The summed E-state index contributed by atoms with van der Waals surface area (Å²) >= 11 is 0. The van der Waals surface area contributed by atoms with Crippen LogP contribution in [0.4, 0.5) is 4.39 Å². The first-order valence-corrected chi connectivity index (χ1v) is 6.80. The van der Waals surface area contributed by atoms with Gasteiger partial charge in [-0.15, -0.1) is 0 Å². The average molecular weight is 259 g/mol. The number of nitrogens with zero attached hydrogens (tertiary/aromatic N) is 1.